The largest absolute Gasteiger partial charge is 0.378 e. The summed E-state index contributed by atoms with van der Waals surface area (Å²) in [6, 6.07) is 52.0. The molecule has 5 nitrogen and oxygen atoms in total. The molecule has 9 aromatic carbocycles. The van der Waals surface area contributed by atoms with Crippen LogP contribution in [0.5, 0.6) is 0 Å². The molecule has 1 aromatic heterocycles. The summed E-state index contributed by atoms with van der Waals surface area (Å²) >= 11 is 0. The van der Waals surface area contributed by atoms with E-state index in [1.165, 1.54) is 130 Å². The molecule has 0 N–H and O–H groups in total. The van der Waals surface area contributed by atoms with Gasteiger partial charge in [-0.15, -0.1) is 0 Å². The first-order valence-corrected chi connectivity index (χ1v) is 36.6. The maximum atomic E-state index is 13.5. The fraction of sp³-hybridized carbons (Fsp3) is 0.419. The van der Waals surface area contributed by atoms with Crippen molar-refractivity contribution in [1.29, 1.82) is 0 Å². The first kappa shape index (κ1) is 88.4. The zero-order chi connectivity index (χ0) is 76.2. The maximum Gasteiger partial charge on any atom is 0.154 e. The highest BCUT2D eigenvalue weighted by atomic mass is 19.1. The highest BCUT2D eigenvalue weighted by Gasteiger charge is 2.15. The third-order valence-corrected chi connectivity index (χ3v) is 17.9. The standard InChI is InChI=1S/C12H11F.C12H12.2C9H12.C8H8F2.C8H9F.C8H16.C8H10.C7H14O.C6H8N2.C6H12O2/c1-8-3-6-11-10(7-8)5-4-9(2)12(11)13;1-9-3-5-12-8-10(2)4-6-11(12)7-9;2*1-7-4-5-8(2)9(3)6-7;1-5-3-7(9)6(2)8(10)4-5;1-6-3-4-7(2)8(9)5-6;2*1-7-3-5-8(2)6-4-7;1-6-3-4-7(2)8-5-6;2*1-5-3-7-6(2)8-4-5/h3-7H,1-2H3;3-8H,1-2H3;2*4-6H,1-3H3;3-4H,1-2H3;3-5H,1-2H3;7-8H,3-6H2,1-2H3;3-6H,1-2H3;6-7H,3-5H2,1-2H3;3-4H,1-2H3;5-6H,3-4H2,1-2H3. The summed E-state index contributed by atoms with van der Waals surface area (Å²) in [5.41, 5.74) is 18.9. The van der Waals surface area contributed by atoms with E-state index in [4.69, 9.17) is 14.2 Å². The molecule has 9 heteroatoms. The van der Waals surface area contributed by atoms with Gasteiger partial charge in [0.25, 0.3) is 0 Å². The van der Waals surface area contributed by atoms with Crippen LogP contribution in [0.3, 0.4) is 0 Å². The van der Waals surface area contributed by atoms with Crippen molar-refractivity contribution in [3.05, 3.63) is 294 Å². The van der Waals surface area contributed by atoms with E-state index in [1.807, 2.05) is 83.4 Å². The molecule has 0 amide bonds. The van der Waals surface area contributed by atoms with E-state index in [9.17, 15) is 17.6 Å². The fourth-order valence-electron chi connectivity index (χ4n) is 10.5. The number of ether oxygens (including phenoxy) is 3. The molecule has 13 rings (SSSR count). The van der Waals surface area contributed by atoms with Gasteiger partial charge in [0.05, 0.1) is 19.3 Å². The first-order valence-electron chi connectivity index (χ1n) is 36.6. The highest BCUT2D eigenvalue weighted by Crippen LogP contribution is 2.28. The molecule has 1 saturated carbocycles. The van der Waals surface area contributed by atoms with Crippen LogP contribution in [0.1, 0.15) is 180 Å². The Morgan fingerprint density at radius 2 is 0.627 bits per heavy atom. The van der Waals surface area contributed by atoms with Crippen LogP contribution >= 0.6 is 0 Å². The monoisotopic (exact) mass is 1390 g/mol. The summed E-state index contributed by atoms with van der Waals surface area (Å²) < 4.78 is 67.0. The van der Waals surface area contributed by atoms with E-state index < -0.39 is 11.6 Å². The number of aromatic nitrogens is 2. The third kappa shape index (κ3) is 36.4. The molecule has 0 bridgehead atoms. The molecule has 2 unspecified atom stereocenters. The highest BCUT2D eigenvalue weighted by molar-refractivity contribution is 5.85. The number of benzene rings is 9. The number of hydrogen-bond acceptors (Lipinski definition) is 5. The SMILES string of the molecule is CC1CCC(C)CC1.CC1CCC(C)OC1.CC1COC(C)OC1.Cc1cc(F)c(C)c(F)c1.Cc1ccc(C)c(C)c1.Cc1ccc(C)c(C)c1.Cc1ccc(C)c(F)c1.Cc1ccc(C)cc1.Cc1ccc2c(F)c(C)ccc2c1.Cc1ccc2cc(C)ccc2c1.Cc1cnc(C)nc1. The van der Waals surface area contributed by atoms with Crippen LogP contribution < -0.4 is 0 Å². The maximum absolute atomic E-state index is 13.5. The van der Waals surface area contributed by atoms with Crippen molar-refractivity contribution < 1.29 is 31.8 Å². The Labute approximate surface area is 614 Å². The Morgan fingerprint density at radius 1 is 0.284 bits per heavy atom. The molecule has 1 aliphatic carbocycles. The lowest BCUT2D eigenvalue weighted by Gasteiger charge is -2.24. The normalized spacial score (nSPS) is 16.9. The van der Waals surface area contributed by atoms with Gasteiger partial charge in [0, 0.05) is 35.9 Å². The van der Waals surface area contributed by atoms with Gasteiger partial charge in [-0.3, -0.25) is 0 Å². The quantitative estimate of drug-likeness (QED) is 0.142. The van der Waals surface area contributed by atoms with Crippen LogP contribution in [-0.2, 0) is 14.2 Å². The van der Waals surface area contributed by atoms with E-state index >= 15 is 0 Å². The van der Waals surface area contributed by atoms with Gasteiger partial charge in [0.2, 0.25) is 0 Å². The molecular weight excluding hydrogens is 1270 g/mol. The van der Waals surface area contributed by atoms with Crippen LogP contribution in [0.4, 0.5) is 17.6 Å². The minimum atomic E-state index is -0.475. The van der Waals surface area contributed by atoms with Crippen molar-refractivity contribution in [3.63, 3.8) is 0 Å². The lowest BCUT2D eigenvalue weighted by atomic mass is 9.84. The van der Waals surface area contributed by atoms with Gasteiger partial charge >= 0.3 is 0 Å². The summed E-state index contributed by atoms with van der Waals surface area (Å²) in [4.78, 5) is 7.94. The van der Waals surface area contributed by atoms with Gasteiger partial charge in [-0.1, -0.05) is 232 Å². The average Bonchev–Trinajstić information content (AvgIpc) is 0.891. The molecule has 0 spiro atoms. The molecule has 10 aromatic rings. The molecule has 552 valence electrons. The Bertz CT molecular complexity index is 3680. The summed E-state index contributed by atoms with van der Waals surface area (Å²) in [6.07, 6.45) is 12.6. The third-order valence-electron chi connectivity index (χ3n) is 17.9. The van der Waals surface area contributed by atoms with Crippen LogP contribution in [0, 0.1) is 172 Å². The molecule has 2 atom stereocenters. The minimum absolute atomic E-state index is 0.0196. The number of hydrogen-bond donors (Lipinski definition) is 0. The topological polar surface area (TPSA) is 53.5 Å². The van der Waals surface area contributed by atoms with Crippen LogP contribution in [0.2, 0.25) is 0 Å². The van der Waals surface area contributed by atoms with E-state index in [0.717, 1.165) is 65.5 Å². The van der Waals surface area contributed by atoms with E-state index in [2.05, 4.69) is 211 Å². The van der Waals surface area contributed by atoms with Crippen LogP contribution in [-0.4, -0.2) is 42.2 Å². The van der Waals surface area contributed by atoms with Crippen molar-refractivity contribution >= 4 is 21.5 Å². The number of rotatable bonds is 0. The zero-order valence-electron chi connectivity index (χ0n) is 66.6. The Balaban J connectivity index is 0.000000293. The Kier molecular flexibility index (Phi) is 40.5. The summed E-state index contributed by atoms with van der Waals surface area (Å²) in [5, 5.41) is 4.36. The molecule has 3 aliphatic rings. The van der Waals surface area contributed by atoms with Gasteiger partial charge < -0.3 is 14.2 Å². The van der Waals surface area contributed by atoms with E-state index in [0.29, 0.717) is 34.1 Å². The second kappa shape index (κ2) is 46.7. The predicted octanol–water partition coefficient (Wildman–Crippen LogP) is 26.4. The van der Waals surface area contributed by atoms with E-state index in [1.54, 1.807) is 26.8 Å². The van der Waals surface area contributed by atoms with Crippen molar-refractivity contribution in [2.75, 3.05) is 19.8 Å². The Morgan fingerprint density at radius 3 is 1.00 bits per heavy atom. The average molecular weight is 1390 g/mol. The molecule has 102 heavy (non-hydrogen) atoms. The number of nitrogens with zero attached hydrogens (tertiary/aromatic N) is 2. The molecule has 3 fully saturated rings. The number of fused-ring (bicyclic) bond motifs is 2. The van der Waals surface area contributed by atoms with Gasteiger partial charge in [-0.05, 0) is 253 Å². The predicted molar refractivity (Wildman–Crippen MR) is 428 cm³/mol. The van der Waals surface area contributed by atoms with Crippen molar-refractivity contribution in [2.24, 2.45) is 23.7 Å². The summed E-state index contributed by atoms with van der Waals surface area (Å²) in [6.45, 7) is 51.4. The molecule has 2 saturated heterocycles. The zero-order valence-corrected chi connectivity index (χ0v) is 66.6. The van der Waals surface area contributed by atoms with Gasteiger partial charge in [-0.25, -0.2) is 27.5 Å². The number of halogens is 4. The molecular formula is C93H124F4N2O3. The van der Waals surface area contributed by atoms with Gasteiger partial charge in [0.15, 0.2) is 6.29 Å². The minimum Gasteiger partial charge on any atom is -0.378 e. The second-order valence-corrected chi connectivity index (χ2v) is 29.1. The molecule has 0 radical (unpaired) electrons. The Hall–Kier alpha value is -7.82. The molecule has 3 heterocycles. The lowest BCUT2D eigenvalue weighted by molar-refractivity contribution is -0.187. The van der Waals surface area contributed by atoms with Crippen LogP contribution in [0.15, 0.2) is 170 Å². The number of aryl methyl sites for hydroxylation is 17. The van der Waals surface area contributed by atoms with Crippen molar-refractivity contribution in [2.45, 2.75) is 217 Å². The molecule has 2 aliphatic heterocycles. The van der Waals surface area contributed by atoms with Crippen molar-refractivity contribution in [1.82, 2.24) is 9.97 Å². The van der Waals surface area contributed by atoms with E-state index in [-0.39, 0.29) is 23.5 Å². The summed E-state index contributed by atoms with van der Waals surface area (Å²) in [7, 11) is 0. The second-order valence-electron chi connectivity index (χ2n) is 29.1. The lowest BCUT2D eigenvalue weighted by Crippen LogP contribution is -2.27. The fourth-order valence-corrected chi connectivity index (χ4v) is 10.5. The first-order chi connectivity index (χ1) is 48.1. The van der Waals surface area contributed by atoms with Gasteiger partial charge in [-0.2, -0.15) is 0 Å². The van der Waals surface area contributed by atoms with Crippen molar-refractivity contribution in [3.8, 4) is 0 Å². The smallest absolute Gasteiger partial charge is 0.154 e. The summed E-state index contributed by atoms with van der Waals surface area (Å²) in [5.74, 6) is 3.08. The van der Waals surface area contributed by atoms with Gasteiger partial charge in [0.1, 0.15) is 29.1 Å². The van der Waals surface area contributed by atoms with Crippen LogP contribution in [0.25, 0.3) is 21.5 Å².